The van der Waals surface area contributed by atoms with Crippen LogP contribution in [0.1, 0.15) is 17.4 Å². The predicted octanol–water partition coefficient (Wildman–Crippen LogP) is 1.25. The summed E-state index contributed by atoms with van der Waals surface area (Å²) < 4.78 is 10.3. The van der Waals surface area contributed by atoms with E-state index in [9.17, 15) is 4.79 Å². The minimum Gasteiger partial charge on any atom is -0.461 e. The Balaban J connectivity index is 2.07. The molecule has 0 aliphatic carbocycles. The summed E-state index contributed by atoms with van der Waals surface area (Å²) in [6, 6.07) is 1.90. The van der Waals surface area contributed by atoms with Crippen LogP contribution in [0, 0.1) is 0 Å². The average molecular weight is 273 g/mol. The number of nitrogens with zero attached hydrogens (tertiary/aromatic N) is 5. The maximum absolute atomic E-state index is 11.8. The summed E-state index contributed by atoms with van der Waals surface area (Å²) in [7, 11) is 3.66. The van der Waals surface area contributed by atoms with Gasteiger partial charge in [0.25, 0.3) is 0 Å². The molecule has 0 N–H and O–H groups in total. The topological polar surface area (TPSA) is 66.3 Å². The highest BCUT2D eigenvalue weighted by atomic mass is 16.5. The second-order valence-electron chi connectivity index (χ2n) is 4.47. The smallest absolute Gasteiger partial charge is 0.356 e. The number of fused-ring (bicyclic) bond motifs is 1. The molecule has 7 nitrogen and oxygen atoms in total. The van der Waals surface area contributed by atoms with E-state index in [1.807, 2.05) is 23.7 Å². The summed E-state index contributed by atoms with van der Waals surface area (Å²) in [4.78, 5) is 16.3. The Hall–Kier alpha value is -2.57. The highest BCUT2D eigenvalue weighted by Gasteiger charge is 2.17. The van der Waals surface area contributed by atoms with Crippen LogP contribution in [0.15, 0.2) is 24.7 Å². The molecular formula is C13H15N5O2. The number of carbonyl (C=O) groups excluding carboxylic acids is 1. The molecule has 0 aliphatic heterocycles. The molecule has 7 heteroatoms. The fourth-order valence-corrected chi connectivity index (χ4v) is 2.20. The van der Waals surface area contributed by atoms with Gasteiger partial charge in [0.1, 0.15) is 11.4 Å². The molecule has 0 aromatic carbocycles. The van der Waals surface area contributed by atoms with Crippen molar-refractivity contribution in [1.82, 2.24) is 23.7 Å². The number of hydrogen-bond donors (Lipinski definition) is 0. The number of esters is 1. The first-order chi connectivity index (χ1) is 9.61. The van der Waals surface area contributed by atoms with E-state index in [1.165, 1.54) is 0 Å². The summed E-state index contributed by atoms with van der Waals surface area (Å²) in [6.07, 6.45) is 5.32. The van der Waals surface area contributed by atoms with E-state index in [0.717, 1.165) is 11.4 Å². The van der Waals surface area contributed by atoms with Crippen LogP contribution in [0.2, 0.25) is 0 Å². The van der Waals surface area contributed by atoms with Crippen LogP contribution in [0.3, 0.4) is 0 Å². The Morgan fingerprint density at radius 3 is 2.75 bits per heavy atom. The molecule has 20 heavy (non-hydrogen) atoms. The molecule has 0 amide bonds. The molecule has 3 aromatic rings. The van der Waals surface area contributed by atoms with Gasteiger partial charge in [-0.1, -0.05) is 0 Å². The monoisotopic (exact) mass is 273 g/mol. The fraction of sp³-hybridized carbons (Fsp3) is 0.308. The van der Waals surface area contributed by atoms with E-state index < -0.39 is 0 Å². The van der Waals surface area contributed by atoms with Crippen LogP contribution >= 0.6 is 0 Å². The maximum atomic E-state index is 11.8. The summed E-state index contributed by atoms with van der Waals surface area (Å²) in [6.45, 7) is 2.14. The molecule has 3 rings (SSSR count). The van der Waals surface area contributed by atoms with Gasteiger partial charge in [0.15, 0.2) is 0 Å². The zero-order chi connectivity index (χ0) is 14.3. The van der Waals surface area contributed by atoms with Gasteiger partial charge in [-0.15, -0.1) is 0 Å². The van der Waals surface area contributed by atoms with Crippen LogP contribution < -0.4 is 0 Å². The SMILES string of the molecule is CCOC(=O)c1cn2cc(-c3ccnn3C)nc2n1C. The first-order valence-electron chi connectivity index (χ1n) is 6.31. The van der Waals surface area contributed by atoms with Crippen molar-refractivity contribution in [2.24, 2.45) is 14.1 Å². The quantitative estimate of drug-likeness (QED) is 0.674. The summed E-state index contributed by atoms with van der Waals surface area (Å²) in [5, 5.41) is 4.13. The lowest BCUT2D eigenvalue weighted by Crippen LogP contribution is -2.09. The zero-order valence-corrected chi connectivity index (χ0v) is 11.6. The third kappa shape index (κ3) is 1.78. The number of carbonyl (C=O) groups is 1. The fourth-order valence-electron chi connectivity index (χ4n) is 2.20. The van der Waals surface area contributed by atoms with Crippen LogP contribution in [0.25, 0.3) is 17.2 Å². The van der Waals surface area contributed by atoms with Crippen LogP contribution in [-0.2, 0) is 18.8 Å². The molecule has 0 aliphatic rings. The van der Waals surface area contributed by atoms with Crippen molar-refractivity contribution >= 4 is 11.7 Å². The average Bonchev–Trinajstić information content (AvgIpc) is 3.06. The van der Waals surface area contributed by atoms with Crippen molar-refractivity contribution in [3.8, 4) is 11.4 Å². The Morgan fingerprint density at radius 2 is 2.15 bits per heavy atom. The predicted molar refractivity (Wildman–Crippen MR) is 72.3 cm³/mol. The van der Waals surface area contributed by atoms with Crippen molar-refractivity contribution in [2.45, 2.75) is 6.92 Å². The lowest BCUT2D eigenvalue weighted by Gasteiger charge is -2.01. The van der Waals surface area contributed by atoms with E-state index in [4.69, 9.17) is 4.74 Å². The lowest BCUT2D eigenvalue weighted by molar-refractivity contribution is 0.0515. The van der Waals surface area contributed by atoms with E-state index in [-0.39, 0.29) is 5.97 Å². The number of ether oxygens (including phenoxy) is 1. The van der Waals surface area contributed by atoms with Crippen molar-refractivity contribution in [3.05, 3.63) is 30.4 Å². The molecule has 0 saturated heterocycles. The van der Waals surface area contributed by atoms with Crippen molar-refractivity contribution in [1.29, 1.82) is 0 Å². The Bertz CT molecular complexity index is 780. The number of imidazole rings is 2. The third-order valence-corrected chi connectivity index (χ3v) is 3.20. The van der Waals surface area contributed by atoms with Gasteiger partial charge < -0.3 is 9.30 Å². The van der Waals surface area contributed by atoms with Crippen LogP contribution in [-0.4, -0.2) is 36.3 Å². The highest BCUT2D eigenvalue weighted by molar-refractivity contribution is 5.88. The second-order valence-corrected chi connectivity index (χ2v) is 4.47. The van der Waals surface area contributed by atoms with Gasteiger partial charge in [-0.05, 0) is 13.0 Å². The molecule has 0 bridgehead atoms. The summed E-state index contributed by atoms with van der Waals surface area (Å²) in [5.41, 5.74) is 2.21. The largest absolute Gasteiger partial charge is 0.461 e. The number of aryl methyl sites for hydroxylation is 2. The Labute approximate surface area is 115 Å². The molecule has 0 radical (unpaired) electrons. The van der Waals surface area contributed by atoms with Gasteiger partial charge in [-0.2, -0.15) is 5.10 Å². The van der Waals surface area contributed by atoms with Gasteiger partial charge in [0.05, 0.1) is 12.3 Å². The normalized spacial score (nSPS) is 11.2. The van der Waals surface area contributed by atoms with E-state index in [2.05, 4.69) is 10.1 Å². The van der Waals surface area contributed by atoms with Crippen LogP contribution in [0.5, 0.6) is 0 Å². The highest BCUT2D eigenvalue weighted by Crippen LogP contribution is 2.19. The van der Waals surface area contributed by atoms with E-state index >= 15 is 0 Å². The minimum atomic E-state index is -0.345. The standard InChI is InChI=1S/C13H15N5O2/c1-4-20-12(19)11-8-18-7-9(15-13(18)16(11)2)10-5-6-14-17(10)3/h5-8H,4H2,1-3H3. The van der Waals surface area contributed by atoms with Gasteiger partial charge in [-0.3, -0.25) is 9.08 Å². The third-order valence-electron chi connectivity index (χ3n) is 3.20. The van der Waals surface area contributed by atoms with E-state index in [1.54, 1.807) is 35.6 Å². The minimum absolute atomic E-state index is 0.345. The van der Waals surface area contributed by atoms with Gasteiger partial charge in [0, 0.05) is 32.7 Å². The molecule has 3 aromatic heterocycles. The van der Waals surface area contributed by atoms with Crippen molar-refractivity contribution in [2.75, 3.05) is 6.61 Å². The Morgan fingerprint density at radius 1 is 1.35 bits per heavy atom. The first kappa shape index (κ1) is 12.5. The second kappa shape index (κ2) is 4.52. The van der Waals surface area contributed by atoms with Crippen molar-refractivity contribution < 1.29 is 9.53 Å². The summed E-state index contributed by atoms with van der Waals surface area (Å²) >= 11 is 0. The zero-order valence-electron chi connectivity index (χ0n) is 11.6. The molecule has 0 fully saturated rings. The molecule has 104 valence electrons. The van der Waals surface area contributed by atoms with Gasteiger partial charge in [-0.25, -0.2) is 9.78 Å². The Kier molecular flexibility index (Phi) is 2.81. The number of aromatic nitrogens is 5. The molecule has 0 saturated carbocycles. The molecule has 0 atom stereocenters. The van der Waals surface area contributed by atoms with E-state index in [0.29, 0.717) is 18.1 Å². The molecular weight excluding hydrogens is 258 g/mol. The lowest BCUT2D eigenvalue weighted by atomic mass is 10.3. The molecule has 3 heterocycles. The van der Waals surface area contributed by atoms with Gasteiger partial charge >= 0.3 is 5.97 Å². The van der Waals surface area contributed by atoms with Gasteiger partial charge in [0.2, 0.25) is 5.78 Å². The number of hydrogen-bond acceptors (Lipinski definition) is 4. The molecule has 0 spiro atoms. The summed E-state index contributed by atoms with van der Waals surface area (Å²) in [5.74, 6) is 0.340. The molecule has 0 unspecified atom stereocenters. The van der Waals surface area contributed by atoms with Crippen molar-refractivity contribution in [3.63, 3.8) is 0 Å². The maximum Gasteiger partial charge on any atom is 0.356 e. The first-order valence-corrected chi connectivity index (χ1v) is 6.31. The van der Waals surface area contributed by atoms with Crippen LogP contribution in [0.4, 0.5) is 0 Å². The number of rotatable bonds is 3.